The molecule has 150 valence electrons. The number of benzene rings is 2. The smallest absolute Gasteiger partial charge is 0.406 e. The molecule has 0 bridgehead atoms. The highest BCUT2D eigenvalue weighted by atomic mass is 19.4. The van der Waals surface area contributed by atoms with Gasteiger partial charge in [0.15, 0.2) is 0 Å². The average Bonchev–Trinajstić information content (AvgIpc) is 2.67. The number of rotatable bonds is 6. The molecule has 1 heterocycles. The Morgan fingerprint density at radius 3 is 2.32 bits per heavy atom. The predicted octanol–water partition coefficient (Wildman–Crippen LogP) is 1.93. The molecule has 2 aromatic carbocycles. The third-order valence-electron chi connectivity index (χ3n) is 4.55. The second kappa shape index (κ2) is 9.07. The van der Waals surface area contributed by atoms with E-state index in [1.807, 2.05) is 24.3 Å². The number of halogens is 3. The molecule has 0 radical (unpaired) electrons. The fraction of sp³-hybridized carbons (Fsp3) is 0.350. The van der Waals surface area contributed by atoms with E-state index in [-0.39, 0.29) is 17.2 Å². The van der Waals surface area contributed by atoms with E-state index < -0.39 is 6.36 Å². The van der Waals surface area contributed by atoms with Gasteiger partial charge in [-0.2, -0.15) is 0 Å². The number of alkyl halides is 3. The van der Waals surface area contributed by atoms with Crippen LogP contribution in [-0.2, 0) is 17.8 Å². The van der Waals surface area contributed by atoms with Crippen molar-refractivity contribution in [1.82, 2.24) is 5.32 Å². The SMILES string of the molecule is O=C(NCc1ccccc1C[NH+]1CCOCC1)c1ccc(OC(F)(F)F)cc1. The minimum Gasteiger partial charge on any atom is -0.406 e. The third-order valence-corrected chi connectivity index (χ3v) is 4.55. The maximum absolute atomic E-state index is 12.3. The van der Waals surface area contributed by atoms with Gasteiger partial charge in [0.05, 0.1) is 13.2 Å². The molecule has 0 saturated carbocycles. The molecular formula is C20H22F3N2O3+. The lowest BCUT2D eigenvalue weighted by Crippen LogP contribution is -3.12. The Hall–Kier alpha value is -2.58. The van der Waals surface area contributed by atoms with Crippen molar-refractivity contribution >= 4 is 5.91 Å². The normalized spacial score (nSPS) is 15.2. The van der Waals surface area contributed by atoms with Crippen LogP contribution in [0.4, 0.5) is 13.2 Å². The summed E-state index contributed by atoms with van der Waals surface area (Å²) in [7, 11) is 0. The number of quaternary nitrogens is 1. The molecule has 1 amide bonds. The van der Waals surface area contributed by atoms with Crippen molar-refractivity contribution in [3.8, 4) is 5.75 Å². The fourth-order valence-corrected chi connectivity index (χ4v) is 3.09. The Labute approximate surface area is 161 Å². The van der Waals surface area contributed by atoms with Gasteiger partial charge in [0.1, 0.15) is 25.4 Å². The van der Waals surface area contributed by atoms with Crippen molar-refractivity contribution in [1.29, 1.82) is 0 Å². The Balaban J connectivity index is 1.58. The lowest BCUT2D eigenvalue weighted by molar-refractivity contribution is -0.921. The van der Waals surface area contributed by atoms with Crippen LogP contribution in [0, 0.1) is 0 Å². The summed E-state index contributed by atoms with van der Waals surface area (Å²) in [5.74, 6) is -0.713. The molecular weight excluding hydrogens is 373 g/mol. The average molecular weight is 395 g/mol. The molecule has 1 aliphatic heterocycles. The molecule has 3 rings (SSSR count). The molecule has 0 spiro atoms. The predicted molar refractivity (Wildman–Crippen MR) is 96.0 cm³/mol. The quantitative estimate of drug-likeness (QED) is 0.786. The fourth-order valence-electron chi connectivity index (χ4n) is 3.09. The minimum absolute atomic E-state index is 0.269. The molecule has 1 fully saturated rings. The van der Waals surface area contributed by atoms with Gasteiger partial charge < -0.3 is 19.7 Å². The van der Waals surface area contributed by atoms with Crippen molar-refractivity contribution in [2.75, 3.05) is 26.3 Å². The number of nitrogens with one attached hydrogen (secondary N) is 2. The highest BCUT2D eigenvalue weighted by molar-refractivity contribution is 5.94. The van der Waals surface area contributed by atoms with Crippen LogP contribution in [0.15, 0.2) is 48.5 Å². The number of ether oxygens (including phenoxy) is 2. The summed E-state index contributed by atoms with van der Waals surface area (Å²) in [4.78, 5) is 13.8. The van der Waals surface area contributed by atoms with Crippen molar-refractivity contribution in [3.63, 3.8) is 0 Å². The number of carbonyl (C=O) groups excluding carboxylic acids is 1. The first-order chi connectivity index (χ1) is 13.4. The van der Waals surface area contributed by atoms with Gasteiger partial charge in [-0.05, 0) is 29.8 Å². The Kier molecular flexibility index (Phi) is 6.53. The van der Waals surface area contributed by atoms with Crippen LogP contribution in [0.3, 0.4) is 0 Å². The van der Waals surface area contributed by atoms with E-state index in [1.54, 1.807) is 0 Å². The van der Waals surface area contributed by atoms with Crippen molar-refractivity contribution in [2.45, 2.75) is 19.5 Å². The van der Waals surface area contributed by atoms with Gasteiger partial charge in [-0.25, -0.2) is 0 Å². The molecule has 28 heavy (non-hydrogen) atoms. The van der Waals surface area contributed by atoms with E-state index in [4.69, 9.17) is 4.74 Å². The molecule has 1 saturated heterocycles. The van der Waals surface area contributed by atoms with Crippen LogP contribution in [0.5, 0.6) is 5.75 Å². The van der Waals surface area contributed by atoms with Crippen LogP contribution >= 0.6 is 0 Å². The van der Waals surface area contributed by atoms with Crippen LogP contribution in [0.2, 0.25) is 0 Å². The molecule has 0 aliphatic carbocycles. The first-order valence-electron chi connectivity index (χ1n) is 9.03. The Bertz CT molecular complexity index is 788. The Morgan fingerprint density at radius 1 is 1.04 bits per heavy atom. The summed E-state index contributed by atoms with van der Waals surface area (Å²) < 4.78 is 45.8. The zero-order chi connectivity index (χ0) is 20.0. The zero-order valence-electron chi connectivity index (χ0n) is 15.2. The molecule has 0 unspecified atom stereocenters. The summed E-state index contributed by atoms with van der Waals surface area (Å²) in [6.45, 7) is 4.61. The third kappa shape index (κ3) is 5.97. The van der Waals surface area contributed by atoms with Crippen LogP contribution in [-0.4, -0.2) is 38.6 Å². The lowest BCUT2D eigenvalue weighted by atomic mass is 10.1. The van der Waals surface area contributed by atoms with Crippen LogP contribution < -0.4 is 15.0 Å². The second-order valence-electron chi connectivity index (χ2n) is 6.56. The highest BCUT2D eigenvalue weighted by Gasteiger charge is 2.31. The van der Waals surface area contributed by atoms with Gasteiger partial charge >= 0.3 is 6.36 Å². The monoisotopic (exact) mass is 395 g/mol. The largest absolute Gasteiger partial charge is 0.573 e. The van der Waals surface area contributed by atoms with E-state index in [0.717, 1.165) is 56.1 Å². The van der Waals surface area contributed by atoms with Gasteiger partial charge in [-0.15, -0.1) is 13.2 Å². The molecule has 5 nitrogen and oxygen atoms in total. The van der Waals surface area contributed by atoms with Gasteiger partial charge in [-0.3, -0.25) is 4.79 Å². The molecule has 1 aliphatic rings. The number of carbonyl (C=O) groups is 1. The molecule has 0 aromatic heterocycles. The van der Waals surface area contributed by atoms with Crippen LogP contribution in [0.1, 0.15) is 21.5 Å². The van der Waals surface area contributed by atoms with Gasteiger partial charge in [0.25, 0.3) is 5.91 Å². The summed E-state index contributed by atoms with van der Waals surface area (Å²) in [5.41, 5.74) is 2.45. The topological polar surface area (TPSA) is 52.0 Å². The van der Waals surface area contributed by atoms with Crippen molar-refractivity contribution < 1.29 is 32.3 Å². The first-order valence-corrected chi connectivity index (χ1v) is 9.03. The molecule has 2 aromatic rings. The van der Waals surface area contributed by atoms with Crippen molar-refractivity contribution in [3.05, 3.63) is 65.2 Å². The van der Waals surface area contributed by atoms with E-state index in [9.17, 15) is 18.0 Å². The van der Waals surface area contributed by atoms with Gasteiger partial charge in [0.2, 0.25) is 0 Å². The maximum Gasteiger partial charge on any atom is 0.573 e. The van der Waals surface area contributed by atoms with E-state index in [2.05, 4.69) is 10.1 Å². The van der Waals surface area contributed by atoms with Gasteiger partial charge in [-0.1, -0.05) is 24.3 Å². The number of hydrogen-bond acceptors (Lipinski definition) is 3. The summed E-state index contributed by atoms with van der Waals surface area (Å²) in [5, 5.41) is 2.82. The van der Waals surface area contributed by atoms with E-state index in [1.165, 1.54) is 17.0 Å². The minimum atomic E-state index is -4.75. The molecule has 8 heteroatoms. The maximum atomic E-state index is 12.3. The Morgan fingerprint density at radius 2 is 1.68 bits per heavy atom. The standard InChI is InChI=1S/C20H21F3N2O3/c21-20(22,23)28-18-7-5-15(6-8-18)19(26)24-13-16-3-1-2-4-17(16)14-25-9-11-27-12-10-25/h1-8H,9-14H2,(H,24,26)/p+1. The summed E-state index contributed by atoms with van der Waals surface area (Å²) in [6.07, 6.45) is -4.75. The lowest BCUT2D eigenvalue weighted by Gasteiger charge is -2.24. The number of hydrogen-bond donors (Lipinski definition) is 2. The molecule has 0 atom stereocenters. The molecule has 2 N–H and O–H groups in total. The summed E-state index contributed by atoms with van der Waals surface area (Å²) in [6, 6.07) is 12.8. The van der Waals surface area contributed by atoms with E-state index >= 15 is 0 Å². The highest BCUT2D eigenvalue weighted by Crippen LogP contribution is 2.22. The van der Waals surface area contributed by atoms with Crippen molar-refractivity contribution in [2.24, 2.45) is 0 Å². The first kappa shape index (κ1) is 20.2. The zero-order valence-corrected chi connectivity index (χ0v) is 15.2. The summed E-state index contributed by atoms with van der Waals surface area (Å²) >= 11 is 0. The number of amides is 1. The van der Waals surface area contributed by atoms with Crippen LogP contribution in [0.25, 0.3) is 0 Å². The second-order valence-corrected chi connectivity index (χ2v) is 6.56. The van der Waals surface area contributed by atoms with E-state index in [0.29, 0.717) is 6.54 Å². The number of morpholine rings is 1. The van der Waals surface area contributed by atoms with Gasteiger partial charge in [0, 0.05) is 17.7 Å².